The topological polar surface area (TPSA) is 45.2 Å². The van der Waals surface area contributed by atoms with Crippen molar-refractivity contribution in [1.29, 1.82) is 0 Å². The molecule has 1 atom stereocenters. The van der Waals surface area contributed by atoms with Crippen LogP contribution in [0.1, 0.15) is 38.2 Å². The fraction of sp³-hybridized carbons (Fsp3) is 0.200. The lowest BCUT2D eigenvalue weighted by molar-refractivity contribution is 0.0729. The van der Waals surface area contributed by atoms with Gasteiger partial charge in [0.05, 0.1) is 17.8 Å². The minimum absolute atomic E-state index is 0.0280. The third kappa shape index (κ3) is 2.81. The van der Waals surface area contributed by atoms with E-state index in [1.165, 1.54) is 0 Å². The fourth-order valence-corrected chi connectivity index (χ4v) is 4.00. The summed E-state index contributed by atoms with van der Waals surface area (Å²) in [6.45, 7) is 4.74. The normalized spacial score (nSPS) is 16.2. The molecule has 1 aliphatic heterocycles. The van der Waals surface area contributed by atoms with E-state index in [1.54, 1.807) is 17.5 Å². The van der Waals surface area contributed by atoms with Gasteiger partial charge in [0.1, 0.15) is 6.17 Å². The number of hydrogen-bond acceptors (Lipinski definition) is 4. The number of carbonyl (C=O) groups is 1. The third-order valence-corrected chi connectivity index (χ3v) is 5.43. The number of benzene rings is 1. The number of aromatic nitrogens is 1. The van der Waals surface area contributed by atoms with Crippen molar-refractivity contribution in [2.75, 3.05) is 5.32 Å². The molecule has 5 heteroatoms. The molecule has 4 rings (SSSR count). The molecular weight excluding hydrogens is 330 g/mol. The van der Waals surface area contributed by atoms with E-state index in [-0.39, 0.29) is 12.1 Å². The summed E-state index contributed by atoms with van der Waals surface area (Å²) in [4.78, 5) is 20.5. The monoisotopic (exact) mass is 349 g/mol. The van der Waals surface area contributed by atoms with Gasteiger partial charge >= 0.3 is 0 Å². The van der Waals surface area contributed by atoms with Gasteiger partial charge in [-0.15, -0.1) is 11.3 Å². The molecule has 0 radical (unpaired) electrons. The zero-order valence-electron chi connectivity index (χ0n) is 14.2. The van der Waals surface area contributed by atoms with E-state index >= 15 is 0 Å². The summed E-state index contributed by atoms with van der Waals surface area (Å²) in [5.74, 6) is 0.0280. The Bertz CT molecular complexity index is 900. The van der Waals surface area contributed by atoms with E-state index in [4.69, 9.17) is 0 Å². The van der Waals surface area contributed by atoms with Gasteiger partial charge in [-0.25, -0.2) is 0 Å². The quantitative estimate of drug-likeness (QED) is 0.753. The number of nitrogens with one attached hydrogen (secondary N) is 1. The standard InChI is InChI=1S/C20H19N3OS/c1-13-6-3-7-14(2)17(13)22-19-18-16(9-4-10-21-18)20(24)23(19)12-15-8-5-11-25-15/h3-11,19,22H,12H2,1-2H3. The van der Waals surface area contributed by atoms with Crippen LogP contribution in [0.15, 0.2) is 54.0 Å². The second-order valence-electron chi connectivity index (χ2n) is 6.26. The van der Waals surface area contributed by atoms with Gasteiger partial charge in [-0.1, -0.05) is 24.3 Å². The van der Waals surface area contributed by atoms with E-state index in [9.17, 15) is 4.79 Å². The molecule has 1 aromatic carbocycles. The first kappa shape index (κ1) is 15.8. The molecule has 1 unspecified atom stereocenters. The van der Waals surface area contributed by atoms with Crippen LogP contribution in [0.25, 0.3) is 0 Å². The second kappa shape index (κ2) is 6.33. The number of pyridine rings is 1. The highest BCUT2D eigenvalue weighted by Gasteiger charge is 2.38. The maximum atomic E-state index is 12.9. The fourth-order valence-electron chi connectivity index (χ4n) is 3.29. The van der Waals surface area contributed by atoms with Gasteiger partial charge in [0.15, 0.2) is 0 Å². The van der Waals surface area contributed by atoms with Crippen molar-refractivity contribution in [1.82, 2.24) is 9.88 Å². The van der Waals surface area contributed by atoms with Crippen LogP contribution in [-0.2, 0) is 6.54 Å². The number of thiophene rings is 1. The molecule has 1 amide bonds. The van der Waals surface area contributed by atoms with Crippen LogP contribution in [0.3, 0.4) is 0 Å². The summed E-state index contributed by atoms with van der Waals surface area (Å²) in [6, 6.07) is 14.0. The van der Waals surface area contributed by atoms with Crippen LogP contribution in [0.5, 0.6) is 0 Å². The molecule has 0 aliphatic carbocycles. The van der Waals surface area contributed by atoms with Crippen molar-refractivity contribution >= 4 is 22.9 Å². The van der Waals surface area contributed by atoms with Gasteiger partial charge in [-0.3, -0.25) is 9.78 Å². The Morgan fingerprint density at radius 1 is 1.12 bits per heavy atom. The number of carbonyl (C=O) groups excluding carboxylic acids is 1. The Morgan fingerprint density at radius 3 is 2.64 bits per heavy atom. The molecule has 0 fully saturated rings. The first-order chi connectivity index (χ1) is 12.1. The van der Waals surface area contributed by atoms with Gasteiger partial charge in [-0.2, -0.15) is 0 Å². The first-order valence-corrected chi connectivity index (χ1v) is 9.14. The van der Waals surface area contributed by atoms with Crippen molar-refractivity contribution in [2.24, 2.45) is 0 Å². The van der Waals surface area contributed by atoms with E-state index in [2.05, 4.69) is 42.3 Å². The molecule has 126 valence electrons. The minimum Gasteiger partial charge on any atom is -0.360 e. The lowest BCUT2D eigenvalue weighted by Gasteiger charge is -2.27. The number of fused-ring (bicyclic) bond motifs is 1. The summed E-state index contributed by atoms with van der Waals surface area (Å²) in [5, 5.41) is 5.61. The highest BCUT2D eigenvalue weighted by atomic mass is 32.1. The number of hydrogen-bond donors (Lipinski definition) is 1. The van der Waals surface area contributed by atoms with Gasteiger partial charge in [-0.05, 0) is 48.6 Å². The SMILES string of the molecule is Cc1cccc(C)c1NC1c2ncccc2C(=O)N1Cc1cccs1. The van der Waals surface area contributed by atoms with E-state index in [0.717, 1.165) is 27.4 Å². The number of nitrogens with zero attached hydrogens (tertiary/aromatic N) is 2. The third-order valence-electron chi connectivity index (χ3n) is 4.57. The summed E-state index contributed by atoms with van der Waals surface area (Å²) in [5.41, 5.74) is 4.87. The van der Waals surface area contributed by atoms with Gasteiger partial charge in [0.25, 0.3) is 5.91 Å². The Hall–Kier alpha value is -2.66. The molecule has 2 aromatic heterocycles. The number of amides is 1. The van der Waals surface area contributed by atoms with Crippen molar-refractivity contribution in [3.05, 3.63) is 81.3 Å². The van der Waals surface area contributed by atoms with Crippen molar-refractivity contribution in [2.45, 2.75) is 26.6 Å². The highest BCUT2D eigenvalue weighted by molar-refractivity contribution is 7.09. The van der Waals surface area contributed by atoms with Crippen LogP contribution < -0.4 is 5.32 Å². The Morgan fingerprint density at radius 2 is 1.92 bits per heavy atom. The molecule has 1 N–H and O–H groups in total. The van der Waals surface area contributed by atoms with Gasteiger partial charge in [0, 0.05) is 16.8 Å². The smallest absolute Gasteiger partial charge is 0.258 e. The maximum absolute atomic E-state index is 12.9. The lowest BCUT2D eigenvalue weighted by atomic mass is 10.1. The molecule has 1 aliphatic rings. The Labute approximate surface area is 151 Å². The zero-order valence-corrected chi connectivity index (χ0v) is 15.0. The summed E-state index contributed by atoms with van der Waals surface area (Å²) < 4.78 is 0. The molecule has 0 saturated carbocycles. The van der Waals surface area contributed by atoms with Crippen LogP contribution in [0, 0.1) is 13.8 Å². The van der Waals surface area contributed by atoms with Crippen molar-refractivity contribution in [3.63, 3.8) is 0 Å². The zero-order chi connectivity index (χ0) is 17.4. The number of rotatable bonds is 4. The van der Waals surface area contributed by atoms with E-state index in [0.29, 0.717) is 12.1 Å². The largest absolute Gasteiger partial charge is 0.360 e. The predicted molar refractivity (Wildman–Crippen MR) is 101 cm³/mol. The number of para-hydroxylation sites is 1. The van der Waals surface area contributed by atoms with Gasteiger partial charge in [0.2, 0.25) is 0 Å². The summed E-state index contributed by atoms with van der Waals surface area (Å²) in [7, 11) is 0. The molecule has 4 nitrogen and oxygen atoms in total. The van der Waals surface area contributed by atoms with Crippen LogP contribution >= 0.6 is 11.3 Å². The maximum Gasteiger partial charge on any atom is 0.258 e. The average Bonchev–Trinajstić information content (AvgIpc) is 3.21. The lowest BCUT2D eigenvalue weighted by Crippen LogP contribution is -2.32. The van der Waals surface area contributed by atoms with Crippen LogP contribution in [-0.4, -0.2) is 15.8 Å². The summed E-state index contributed by atoms with van der Waals surface area (Å²) in [6.07, 6.45) is 1.49. The molecule has 3 heterocycles. The predicted octanol–water partition coefficient (Wildman–Crippen LogP) is 4.53. The molecular formula is C20H19N3OS. The van der Waals surface area contributed by atoms with Crippen LogP contribution in [0.2, 0.25) is 0 Å². The Balaban J connectivity index is 1.74. The van der Waals surface area contributed by atoms with Crippen LogP contribution in [0.4, 0.5) is 5.69 Å². The Kier molecular flexibility index (Phi) is 4.01. The van der Waals surface area contributed by atoms with E-state index < -0.39 is 0 Å². The highest BCUT2D eigenvalue weighted by Crippen LogP contribution is 2.36. The molecule has 0 saturated heterocycles. The number of aryl methyl sites for hydroxylation is 2. The second-order valence-corrected chi connectivity index (χ2v) is 7.29. The average molecular weight is 349 g/mol. The van der Waals surface area contributed by atoms with Crippen molar-refractivity contribution < 1.29 is 4.79 Å². The first-order valence-electron chi connectivity index (χ1n) is 8.26. The molecule has 0 spiro atoms. The van der Waals surface area contributed by atoms with E-state index in [1.807, 2.05) is 34.5 Å². The van der Waals surface area contributed by atoms with Gasteiger partial charge < -0.3 is 10.2 Å². The molecule has 25 heavy (non-hydrogen) atoms. The summed E-state index contributed by atoms with van der Waals surface area (Å²) >= 11 is 1.66. The minimum atomic E-state index is -0.259. The molecule has 0 bridgehead atoms. The molecule has 3 aromatic rings. The number of anilines is 1. The van der Waals surface area contributed by atoms with Crippen molar-refractivity contribution in [3.8, 4) is 0 Å².